The van der Waals surface area contributed by atoms with Crippen molar-refractivity contribution in [3.8, 4) is 0 Å². The van der Waals surface area contributed by atoms with Crippen LogP contribution in [0.1, 0.15) is 23.8 Å². The first-order chi connectivity index (χ1) is 8.69. The predicted molar refractivity (Wildman–Crippen MR) is 60.8 cm³/mol. The van der Waals surface area contributed by atoms with Crippen LogP contribution >= 0.6 is 0 Å². The monoisotopic (exact) mass is 253 g/mol. The highest BCUT2D eigenvalue weighted by Crippen LogP contribution is 2.13. The fourth-order valence-electron chi connectivity index (χ4n) is 1.54. The van der Waals surface area contributed by atoms with Crippen molar-refractivity contribution < 1.29 is 13.2 Å². The number of rotatable bonds is 5. The van der Waals surface area contributed by atoms with Gasteiger partial charge in [-0.2, -0.15) is 0 Å². The Bertz CT molecular complexity index is 528. The summed E-state index contributed by atoms with van der Waals surface area (Å²) in [6, 6.07) is 3.69. The van der Waals surface area contributed by atoms with Gasteiger partial charge in [0.05, 0.1) is 6.42 Å². The van der Waals surface area contributed by atoms with Crippen molar-refractivity contribution in [3.63, 3.8) is 0 Å². The topological polar surface area (TPSA) is 64.9 Å². The molecule has 1 aromatic heterocycles. The van der Waals surface area contributed by atoms with E-state index in [1.54, 1.807) is 0 Å². The minimum absolute atomic E-state index is 0.285. The SMILES string of the molecule is NCCCc1nnc(Cc2ccc(F)c(F)c2)o1. The van der Waals surface area contributed by atoms with E-state index in [0.29, 0.717) is 30.3 Å². The van der Waals surface area contributed by atoms with Gasteiger partial charge < -0.3 is 10.2 Å². The molecular formula is C12H13F2N3O. The lowest BCUT2D eigenvalue weighted by Gasteiger charge is -1.98. The van der Waals surface area contributed by atoms with Crippen molar-refractivity contribution in [3.05, 3.63) is 47.2 Å². The lowest BCUT2D eigenvalue weighted by molar-refractivity contribution is 0.452. The van der Waals surface area contributed by atoms with E-state index >= 15 is 0 Å². The minimum Gasteiger partial charge on any atom is -0.425 e. The molecule has 2 N–H and O–H groups in total. The van der Waals surface area contributed by atoms with E-state index in [1.807, 2.05) is 0 Å². The summed E-state index contributed by atoms with van der Waals surface area (Å²) in [4.78, 5) is 0. The summed E-state index contributed by atoms with van der Waals surface area (Å²) in [5.74, 6) is -0.852. The molecule has 0 saturated carbocycles. The number of halogens is 2. The van der Waals surface area contributed by atoms with Crippen LogP contribution in [0.4, 0.5) is 8.78 Å². The molecule has 0 bridgehead atoms. The average Bonchev–Trinajstić information content (AvgIpc) is 2.79. The van der Waals surface area contributed by atoms with Crippen molar-refractivity contribution in [2.24, 2.45) is 5.73 Å². The highest BCUT2D eigenvalue weighted by atomic mass is 19.2. The van der Waals surface area contributed by atoms with Crippen LogP contribution in [0.15, 0.2) is 22.6 Å². The summed E-state index contributed by atoms with van der Waals surface area (Å²) < 4.78 is 31.1. The van der Waals surface area contributed by atoms with Crippen molar-refractivity contribution in [2.75, 3.05) is 6.54 Å². The van der Waals surface area contributed by atoms with Gasteiger partial charge in [-0.25, -0.2) is 8.78 Å². The first-order valence-electron chi connectivity index (χ1n) is 5.64. The number of benzene rings is 1. The third-order valence-corrected chi connectivity index (χ3v) is 2.44. The molecule has 0 aliphatic carbocycles. The van der Waals surface area contributed by atoms with Crippen LogP contribution in [0.3, 0.4) is 0 Å². The van der Waals surface area contributed by atoms with Gasteiger partial charge in [-0.15, -0.1) is 10.2 Å². The van der Waals surface area contributed by atoms with Gasteiger partial charge in [-0.05, 0) is 30.7 Å². The van der Waals surface area contributed by atoms with Gasteiger partial charge >= 0.3 is 0 Å². The van der Waals surface area contributed by atoms with Gasteiger partial charge in [0.25, 0.3) is 0 Å². The summed E-state index contributed by atoms with van der Waals surface area (Å²) in [6.07, 6.45) is 1.68. The van der Waals surface area contributed by atoms with Crippen LogP contribution in [0.2, 0.25) is 0 Å². The van der Waals surface area contributed by atoms with Crippen molar-refractivity contribution in [1.82, 2.24) is 10.2 Å². The van der Waals surface area contributed by atoms with E-state index in [2.05, 4.69) is 10.2 Å². The predicted octanol–water partition coefficient (Wildman–Crippen LogP) is 1.83. The molecule has 0 amide bonds. The normalized spacial score (nSPS) is 10.8. The fourth-order valence-corrected chi connectivity index (χ4v) is 1.54. The molecule has 0 atom stereocenters. The van der Waals surface area contributed by atoms with E-state index in [1.165, 1.54) is 6.07 Å². The molecule has 96 valence electrons. The molecule has 0 spiro atoms. The van der Waals surface area contributed by atoms with Gasteiger partial charge in [0.1, 0.15) is 0 Å². The van der Waals surface area contributed by atoms with Gasteiger partial charge in [-0.1, -0.05) is 6.07 Å². The molecule has 1 heterocycles. The van der Waals surface area contributed by atoms with E-state index in [-0.39, 0.29) is 6.42 Å². The number of hydrogen-bond acceptors (Lipinski definition) is 4. The molecule has 0 aliphatic heterocycles. The Morgan fingerprint density at radius 3 is 2.61 bits per heavy atom. The molecule has 1 aromatic carbocycles. The molecule has 0 unspecified atom stereocenters. The van der Waals surface area contributed by atoms with Gasteiger partial charge in [0, 0.05) is 6.42 Å². The molecule has 0 saturated heterocycles. The zero-order valence-corrected chi connectivity index (χ0v) is 9.70. The van der Waals surface area contributed by atoms with Gasteiger partial charge in [0.15, 0.2) is 11.6 Å². The zero-order chi connectivity index (χ0) is 13.0. The second-order valence-electron chi connectivity index (χ2n) is 3.91. The Balaban J connectivity index is 2.04. The van der Waals surface area contributed by atoms with Crippen molar-refractivity contribution in [2.45, 2.75) is 19.3 Å². The largest absolute Gasteiger partial charge is 0.425 e. The Hall–Kier alpha value is -1.82. The smallest absolute Gasteiger partial charge is 0.220 e. The molecular weight excluding hydrogens is 240 g/mol. The molecule has 0 radical (unpaired) electrons. The third kappa shape index (κ3) is 3.10. The summed E-state index contributed by atoms with van der Waals surface area (Å²) in [5.41, 5.74) is 5.96. The number of aryl methyl sites for hydroxylation is 1. The van der Waals surface area contributed by atoms with E-state index < -0.39 is 11.6 Å². The zero-order valence-electron chi connectivity index (χ0n) is 9.70. The number of nitrogens with zero attached hydrogens (tertiary/aromatic N) is 2. The van der Waals surface area contributed by atoms with E-state index in [0.717, 1.165) is 18.6 Å². The lowest BCUT2D eigenvalue weighted by Crippen LogP contribution is -2.00. The molecule has 2 aromatic rings. The van der Waals surface area contributed by atoms with Crippen LogP contribution < -0.4 is 5.73 Å². The average molecular weight is 253 g/mol. The van der Waals surface area contributed by atoms with Crippen molar-refractivity contribution >= 4 is 0 Å². The van der Waals surface area contributed by atoms with Crippen LogP contribution in [0.25, 0.3) is 0 Å². The maximum atomic E-state index is 13.0. The Morgan fingerprint density at radius 1 is 1.11 bits per heavy atom. The van der Waals surface area contributed by atoms with E-state index in [4.69, 9.17) is 10.2 Å². The van der Waals surface area contributed by atoms with Crippen LogP contribution in [-0.4, -0.2) is 16.7 Å². The molecule has 4 nitrogen and oxygen atoms in total. The first kappa shape index (κ1) is 12.6. The molecule has 6 heteroatoms. The molecule has 2 rings (SSSR count). The summed E-state index contributed by atoms with van der Waals surface area (Å²) in [6.45, 7) is 0.556. The Kier molecular flexibility index (Phi) is 3.99. The minimum atomic E-state index is -0.879. The summed E-state index contributed by atoms with van der Waals surface area (Å²) in [5, 5.41) is 7.69. The standard InChI is InChI=1S/C12H13F2N3O/c13-9-4-3-8(6-10(9)14)7-12-17-16-11(18-12)2-1-5-15/h3-4,6H,1-2,5,7,15H2. The van der Waals surface area contributed by atoms with Crippen LogP contribution in [-0.2, 0) is 12.8 Å². The fraction of sp³-hybridized carbons (Fsp3) is 0.333. The maximum Gasteiger partial charge on any atom is 0.220 e. The molecule has 0 fully saturated rings. The Labute approximate surface area is 103 Å². The summed E-state index contributed by atoms with van der Waals surface area (Å²) >= 11 is 0. The Morgan fingerprint density at radius 2 is 1.89 bits per heavy atom. The highest BCUT2D eigenvalue weighted by Gasteiger charge is 2.08. The van der Waals surface area contributed by atoms with Crippen LogP contribution in [0.5, 0.6) is 0 Å². The second-order valence-corrected chi connectivity index (χ2v) is 3.91. The van der Waals surface area contributed by atoms with Gasteiger partial charge in [0.2, 0.25) is 11.8 Å². The number of nitrogens with two attached hydrogens (primary N) is 1. The third-order valence-electron chi connectivity index (χ3n) is 2.44. The number of hydrogen-bond donors (Lipinski definition) is 1. The van der Waals surface area contributed by atoms with Crippen LogP contribution in [0, 0.1) is 11.6 Å². The highest BCUT2D eigenvalue weighted by molar-refractivity contribution is 5.20. The maximum absolute atomic E-state index is 13.0. The van der Waals surface area contributed by atoms with Gasteiger partial charge in [-0.3, -0.25) is 0 Å². The molecule has 0 aliphatic rings. The quantitative estimate of drug-likeness (QED) is 0.882. The van der Waals surface area contributed by atoms with Crippen molar-refractivity contribution in [1.29, 1.82) is 0 Å². The lowest BCUT2D eigenvalue weighted by atomic mass is 10.1. The second kappa shape index (κ2) is 5.68. The first-order valence-corrected chi connectivity index (χ1v) is 5.64. The molecule has 18 heavy (non-hydrogen) atoms. The summed E-state index contributed by atoms with van der Waals surface area (Å²) in [7, 11) is 0. The van der Waals surface area contributed by atoms with E-state index in [9.17, 15) is 8.78 Å². The number of aromatic nitrogens is 2.